The van der Waals surface area contributed by atoms with E-state index >= 15 is 0 Å². The second-order valence-corrected chi connectivity index (χ2v) is 9.13. The van der Waals surface area contributed by atoms with Crippen LogP contribution in [0.3, 0.4) is 0 Å². The molecule has 0 bridgehead atoms. The molecule has 5 nitrogen and oxygen atoms in total. The predicted molar refractivity (Wildman–Crippen MR) is 131 cm³/mol. The van der Waals surface area contributed by atoms with Gasteiger partial charge >= 0.3 is 0 Å². The Morgan fingerprint density at radius 1 is 1.14 bits per heavy atom. The molecule has 2 fully saturated rings. The van der Waals surface area contributed by atoms with Crippen molar-refractivity contribution < 1.29 is 4.74 Å². The molecule has 1 saturated carbocycles. The molecule has 0 aromatic rings. The lowest BCUT2D eigenvalue weighted by atomic mass is 9.67. The minimum absolute atomic E-state index is 0. The van der Waals surface area contributed by atoms with Crippen molar-refractivity contribution in [3.8, 4) is 0 Å². The minimum Gasteiger partial charge on any atom is -0.385 e. The van der Waals surface area contributed by atoms with E-state index in [1.54, 1.807) is 7.11 Å². The Hall–Kier alpha value is -0.0800. The van der Waals surface area contributed by atoms with Gasteiger partial charge in [0.2, 0.25) is 0 Å². The van der Waals surface area contributed by atoms with Crippen LogP contribution in [0.25, 0.3) is 0 Å². The van der Waals surface area contributed by atoms with Gasteiger partial charge in [0.15, 0.2) is 5.96 Å². The molecule has 1 saturated heterocycles. The average molecular weight is 509 g/mol. The molecule has 0 aromatic carbocycles. The number of aliphatic imine (C=N–C) groups is 1. The first-order chi connectivity index (χ1) is 13.1. The zero-order valence-corrected chi connectivity index (χ0v) is 21.1. The maximum absolute atomic E-state index is 5.30. The van der Waals surface area contributed by atoms with Gasteiger partial charge in [-0.05, 0) is 69.2 Å². The number of methoxy groups -OCH3 is 1. The van der Waals surface area contributed by atoms with Crippen molar-refractivity contribution >= 4 is 29.9 Å². The summed E-state index contributed by atoms with van der Waals surface area (Å²) in [6, 6.07) is 0. The number of hydrogen-bond acceptors (Lipinski definition) is 3. The van der Waals surface area contributed by atoms with Crippen molar-refractivity contribution in [1.82, 2.24) is 15.5 Å². The van der Waals surface area contributed by atoms with Crippen LogP contribution < -0.4 is 10.6 Å². The average Bonchev–Trinajstić information content (AvgIpc) is 2.59. The number of hydrogen-bond donors (Lipinski definition) is 2. The second kappa shape index (κ2) is 14.0. The fraction of sp³-hybridized carbons (Fsp3) is 0.955. The van der Waals surface area contributed by atoms with Gasteiger partial charge in [0.05, 0.1) is 0 Å². The van der Waals surface area contributed by atoms with Crippen LogP contribution >= 0.6 is 24.0 Å². The highest BCUT2D eigenvalue weighted by Gasteiger charge is 2.36. The molecule has 28 heavy (non-hydrogen) atoms. The predicted octanol–water partition coefficient (Wildman–Crippen LogP) is 4.12. The third-order valence-electron chi connectivity index (χ3n) is 6.31. The van der Waals surface area contributed by atoms with E-state index < -0.39 is 0 Å². The zero-order chi connectivity index (χ0) is 19.5. The standard InChI is InChI=1S/C22H44N4O.HI/c1-5-23-21(25-18-22(9-8-10-22)11-14-27-4)24-12-6-7-13-26-16-19(2)15-20(3)17-26;/h19-20H,5-18H2,1-4H3,(H2,23,24,25);1H. The van der Waals surface area contributed by atoms with Gasteiger partial charge in [0, 0.05) is 46.4 Å². The van der Waals surface area contributed by atoms with Crippen molar-refractivity contribution in [1.29, 1.82) is 0 Å². The molecule has 1 heterocycles. The normalized spacial score (nSPS) is 24.9. The summed E-state index contributed by atoms with van der Waals surface area (Å²) in [6.45, 7) is 14.4. The Bertz CT molecular complexity index is 432. The van der Waals surface area contributed by atoms with E-state index in [2.05, 4.69) is 36.3 Å². The summed E-state index contributed by atoms with van der Waals surface area (Å²) in [6.07, 6.45) is 8.95. The first kappa shape index (κ1) is 26.0. The van der Waals surface area contributed by atoms with Gasteiger partial charge < -0.3 is 20.3 Å². The van der Waals surface area contributed by atoms with Crippen LogP contribution in [0, 0.1) is 17.3 Å². The van der Waals surface area contributed by atoms with Crippen molar-refractivity contribution in [3.05, 3.63) is 0 Å². The second-order valence-electron chi connectivity index (χ2n) is 9.13. The number of ether oxygens (including phenoxy) is 1. The van der Waals surface area contributed by atoms with E-state index in [1.807, 2.05) is 0 Å². The van der Waals surface area contributed by atoms with Crippen LogP contribution in [-0.2, 0) is 4.74 Å². The van der Waals surface area contributed by atoms with E-state index in [-0.39, 0.29) is 24.0 Å². The maximum Gasteiger partial charge on any atom is 0.191 e. The SMILES string of the molecule is CCNC(=NCC1(CCOC)CCC1)NCCCCN1CC(C)CC(C)C1.I. The molecular weight excluding hydrogens is 463 g/mol. The maximum atomic E-state index is 5.30. The topological polar surface area (TPSA) is 48.9 Å². The summed E-state index contributed by atoms with van der Waals surface area (Å²) >= 11 is 0. The summed E-state index contributed by atoms with van der Waals surface area (Å²) in [4.78, 5) is 7.56. The highest BCUT2D eigenvalue weighted by Crippen LogP contribution is 2.44. The Morgan fingerprint density at radius 2 is 1.86 bits per heavy atom. The lowest BCUT2D eigenvalue weighted by molar-refractivity contribution is 0.0778. The lowest BCUT2D eigenvalue weighted by Crippen LogP contribution is -2.41. The fourth-order valence-corrected chi connectivity index (χ4v) is 4.71. The summed E-state index contributed by atoms with van der Waals surface area (Å²) in [5.41, 5.74) is 0.389. The summed E-state index contributed by atoms with van der Waals surface area (Å²) in [7, 11) is 1.80. The van der Waals surface area contributed by atoms with Crippen LogP contribution in [0.15, 0.2) is 4.99 Å². The van der Waals surface area contributed by atoms with Crippen molar-refractivity contribution in [3.63, 3.8) is 0 Å². The molecule has 6 heteroatoms. The van der Waals surface area contributed by atoms with Gasteiger partial charge in [-0.25, -0.2) is 0 Å². The third-order valence-corrected chi connectivity index (χ3v) is 6.31. The van der Waals surface area contributed by atoms with Crippen LogP contribution in [-0.4, -0.2) is 63.8 Å². The number of unbranched alkanes of at least 4 members (excludes halogenated alkanes) is 1. The smallest absolute Gasteiger partial charge is 0.191 e. The van der Waals surface area contributed by atoms with Gasteiger partial charge in [-0.15, -0.1) is 24.0 Å². The number of piperidine rings is 1. The Kier molecular flexibility index (Phi) is 13.0. The van der Waals surface area contributed by atoms with E-state index in [0.29, 0.717) is 5.41 Å². The monoisotopic (exact) mass is 508 g/mol. The zero-order valence-electron chi connectivity index (χ0n) is 18.8. The van der Waals surface area contributed by atoms with E-state index in [0.717, 1.165) is 50.5 Å². The van der Waals surface area contributed by atoms with Crippen LogP contribution in [0.2, 0.25) is 0 Å². The molecule has 0 radical (unpaired) electrons. The molecule has 0 amide bonds. The van der Waals surface area contributed by atoms with Gasteiger partial charge in [0.25, 0.3) is 0 Å². The van der Waals surface area contributed by atoms with Crippen molar-refractivity contribution in [2.75, 3.05) is 53.0 Å². The molecule has 166 valence electrons. The number of likely N-dealkylation sites (tertiary alicyclic amines) is 1. The first-order valence-corrected chi connectivity index (χ1v) is 11.3. The molecule has 0 spiro atoms. The van der Waals surface area contributed by atoms with E-state index in [4.69, 9.17) is 9.73 Å². The van der Waals surface area contributed by atoms with Crippen LogP contribution in [0.5, 0.6) is 0 Å². The Morgan fingerprint density at radius 3 is 2.43 bits per heavy atom. The van der Waals surface area contributed by atoms with Crippen molar-refractivity contribution in [2.24, 2.45) is 22.2 Å². The Balaban J connectivity index is 0.00000392. The van der Waals surface area contributed by atoms with Crippen LogP contribution in [0.1, 0.15) is 65.7 Å². The van der Waals surface area contributed by atoms with Gasteiger partial charge in [0.1, 0.15) is 0 Å². The van der Waals surface area contributed by atoms with Gasteiger partial charge in [-0.2, -0.15) is 0 Å². The number of guanidine groups is 1. The fourth-order valence-electron chi connectivity index (χ4n) is 4.71. The number of halogens is 1. The summed E-state index contributed by atoms with van der Waals surface area (Å²) < 4.78 is 5.30. The molecule has 2 atom stereocenters. The van der Waals surface area contributed by atoms with Crippen molar-refractivity contribution in [2.45, 2.75) is 65.7 Å². The molecule has 2 N–H and O–H groups in total. The third kappa shape index (κ3) is 9.16. The first-order valence-electron chi connectivity index (χ1n) is 11.3. The number of nitrogens with one attached hydrogen (secondary N) is 2. The van der Waals surface area contributed by atoms with E-state index in [9.17, 15) is 0 Å². The Labute approximate surface area is 190 Å². The molecule has 1 aliphatic carbocycles. The molecular formula is C22H45IN4O. The van der Waals surface area contributed by atoms with Gasteiger partial charge in [-0.1, -0.05) is 20.3 Å². The van der Waals surface area contributed by atoms with Gasteiger partial charge in [-0.3, -0.25) is 4.99 Å². The van der Waals surface area contributed by atoms with E-state index in [1.165, 1.54) is 58.2 Å². The highest BCUT2D eigenvalue weighted by atomic mass is 127. The molecule has 1 aliphatic heterocycles. The molecule has 2 unspecified atom stereocenters. The molecule has 0 aromatic heterocycles. The summed E-state index contributed by atoms with van der Waals surface area (Å²) in [5, 5.41) is 6.95. The number of rotatable bonds is 11. The van der Waals surface area contributed by atoms with Crippen LogP contribution in [0.4, 0.5) is 0 Å². The largest absolute Gasteiger partial charge is 0.385 e. The highest BCUT2D eigenvalue weighted by molar-refractivity contribution is 14.0. The minimum atomic E-state index is 0. The number of nitrogens with zero attached hydrogens (tertiary/aromatic N) is 2. The molecule has 2 aliphatic rings. The molecule has 2 rings (SSSR count). The lowest BCUT2D eigenvalue weighted by Gasteiger charge is -2.40. The summed E-state index contributed by atoms with van der Waals surface area (Å²) in [5.74, 6) is 2.70. The quantitative estimate of drug-likeness (QED) is 0.191.